The monoisotopic (exact) mass is 404 g/mol. The van der Waals surface area contributed by atoms with E-state index in [0.29, 0.717) is 22.3 Å². The Morgan fingerprint density at radius 3 is 2.71 bits per heavy atom. The van der Waals surface area contributed by atoms with E-state index in [9.17, 15) is 14.0 Å². The number of halogens is 1. The Balaban J connectivity index is 1.79. The molecule has 9 nitrogen and oxygen atoms in total. The number of benzene rings is 1. The average molecular weight is 404 g/mol. The number of amides is 1. The predicted molar refractivity (Wildman–Crippen MR) is 101 cm³/mol. The second-order valence-corrected chi connectivity index (χ2v) is 6.70. The van der Waals surface area contributed by atoms with E-state index in [1.54, 1.807) is 11.6 Å². The number of carbonyl (C=O) groups is 1. The number of nitrogens with one attached hydrogen (secondary N) is 1. The number of hydrogen-bond donors (Lipinski definition) is 1. The molecule has 0 atom stereocenters. The van der Waals surface area contributed by atoms with Crippen molar-refractivity contribution < 1.29 is 13.9 Å². The van der Waals surface area contributed by atoms with Crippen LogP contribution >= 0.6 is 11.8 Å². The Morgan fingerprint density at radius 2 is 2.07 bits per heavy atom. The summed E-state index contributed by atoms with van der Waals surface area (Å²) in [6.07, 6.45) is 1.48. The van der Waals surface area contributed by atoms with Gasteiger partial charge in [-0.05, 0) is 34.7 Å². The number of ether oxygens (including phenoxy) is 1. The topological polar surface area (TPSA) is 104 Å². The molecule has 0 bridgehead atoms. The van der Waals surface area contributed by atoms with Gasteiger partial charge in [-0.2, -0.15) is 0 Å². The second-order valence-electron chi connectivity index (χ2n) is 5.75. The molecule has 0 radical (unpaired) electrons. The SMILES string of the molecule is COc1cn(CC(=O)Nc2ccc(F)cc2)c(CSc2nnnn2C)cc1=O. The minimum absolute atomic E-state index is 0.0546. The lowest BCUT2D eigenvalue weighted by atomic mass is 10.3. The number of rotatable bonds is 7. The van der Waals surface area contributed by atoms with Gasteiger partial charge in [0, 0.05) is 30.2 Å². The Morgan fingerprint density at radius 1 is 1.32 bits per heavy atom. The number of thioether (sulfide) groups is 1. The maximum atomic E-state index is 13.0. The van der Waals surface area contributed by atoms with E-state index in [-0.39, 0.29) is 29.4 Å². The smallest absolute Gasteiger partial charge is 0.244 e. The van der Waals surface area contributed by atoms with Gasteiger partial charge in [0.1, 0.15) is 12.4 Å². The minimum atomic E-state index is -0.388. The summed E-state index contributed by atoms with van der Waals surface area (Å²) in [5, 5.41) is 14.5. The maximum absolute atomic E-state index is 13.0. The third-order valence-electron chi connectivity index (χ3n) is 3.77. The van der Waals surface area contributed by atoms with Crippen LogP contribution in [0.1, 0.15) is 5.69 Å². The number of tetrazole rings is 1. The first kappa shape index (κ1) is 19.5. The van der Waals surface area contributed by atoms with Gasteiger partial charge in [0.25, 0.3) is 0 Å². The van der Waals surface area contributed by atoms with Crippen molar-refractivity contribution in [2.45, 2.75) is 17.5 Å². The summed E-state index contributed by atoms with van der Waals surface area (Å²) in [7, 11) is 3.10. The maximum Gasteiger partial charge on any atom is 0.244 e. The Kier molecular flexibility index (Phi) is 6.04. The van der Waals surface area contributed by atoms with Crippen molar-refractivity contribution in [3.05, 3.63) is 58.3 Å². The number of methoxy groups -OCH3 is 1. The van der Waals surface area contributed by atoms with Crippen LogP contribution in [0.3, 0.4) is 0 Å². The van der Waals surface area contributed by atoms with Gasteiger partial charge in [0.15, 0.2) is 5.75 Å². The van der Waals surface area contributed by atoms with Crippen molar-refractivity contribution in [3.63, 3.8) is 0 Å². The molecule has 0 aliphatic carbocycles. The highest BCUT2D eigenvalue weighted by Crippen LogP contribution is 2.20. The van der Waals surface area contributed by atoms with Crippen molar-refractivity contribution in [1.82, 2.24) is 24.8 Å². The number of aryl methyl sites for hydroxylation is 1. The molecule has 11 heteroatoms. The van der Waals surface area contributed by atoms with Crippen LogP contribution in [-0.4, -0.2) is 37.8 Å². The standard InChI is InChI=1S/C17H17FN6O3S/c1-23-17(20-21-22-23)28-10-13-7-14(25)15(27-2)8-24(13)9-16(26)19-12-5-3-11(18)4-6-12/h3-8H,9-10H2,1-2H3,(H,19,26). The number of nitrogens with zero attached hydrogens (tertiary/aromatic N) is 5. The molecule has 0 saturated heterocycles. The lowest BCUT2D eigenvalue weighted by molar-refractivity contribution is -0.116. The quantitative estimate of drug-likeness (QED) is 0.595. The predicted octanol–water partition coefficient (Wildman–Crippen LogP) is 1.45. The first-order valence-corrected chi connectivity index (χ1v) is 9.12. The van der Waals surface area contributed by atoms with Crippen molar-refractivity contribution in [2.75, 3.05) is 12.4 Å². The van der Waals surface area contributed by atoms with Gasteiger partial charge in [-0.25, -0.2) is 9.07 Å². The number of carbonyl (C=O) groups excluding carboxylic acids is 1. The summed E-state index contributed by atoms with van der Waals surface area (Å²) in [5.74, 6) is -0.217. The fourth-order valence-electron chi connectivity index (χ4n) is 2.39. The van der Waals surface area contributed by atoms with E-state index in [4.69, 9.17) is 4.74 Å². The Bertz CT molecular complexity index is 1030. The fraction of sp³-hybridized carbons (Fsp3) is 0.235. The zero-order chi connectivity index (χ0) is 20.1. The first-order chi connectivity index (χ1) is 13.5. The largest absolute Gasteiger partial charge is 0.491 e. The molecule has 0 aliphatic rings. The molecule has 1 N–H and O–H groups in total. The molecule has 1 aromatic carbocycles. The molecular formula is C17H17FN6O3S. The molecule has 28 heavy (non-hydrogen) atoms. The summed E-state index contributed by atoms with van der Waals surface area (Å²) >= 11 is 1.33. The van der Waals surface area contributed by atoms with Crippen LogP contribution in [0.25, 0.3) is 0 Å². The fourth-order valence-corrected chi connectivity index (χ4v) is 3.23. The van der Waals surface area contributed by atoms with Gasteiger partial charge in [-0.1, -0.05) is 11.8 Å². The lowest BCUT2D eigenvalue weighted by Gasteiger charge is -2.14. The van der Waals surface area contributed by atoms with Crippen LogP contribution < -0.4 is 15.5 Å². The van der Waals surface area contributed by atoms with Gasteiger partial charge in [0.2, 0.25) is 16.5 Å². The van der Waals surface area contributed by atoms with Gasteiger partial charge in [-0.3, -0.25) is 9.59 Å². The molecule has 0 fully saturated rings. The van der Waals surface area contributed by atoms with Crippen LogP contribution in [0.2, 0.25) is 0 Å². The average Bonchev–Trinajstić information content (AvgIpc) is 3.08. The van der Waals surface area contributed by atoms with Crippen molar-refractivity contribution in [3.8, 4) is 5.75 Å². The van der Waals surface area contributed by atoms with Crippen molar-refractivity contribution in [2.24, 2.45) is 7.05 Å². The number of anilines is 1. The molecule has 3 aromatic rings. The lowest BCUT2D eigenvalue weighted by Crippen LogP contribution is -2.22. The minimum Gasteiger partial charge on any atom is -0.491 e. The van der Waals surface area contributed by atoms with E-state index < -0.39 is 0 Å². The Labute approximate surface area is 163 Å². The zero-order valence-corrected chi connectivity index (χ0v) is 15.9. The van der Waals surface area contributed by atoms with E-state index >= 15 is 0 Å². The van der Waals surface area contributed by atoms with Crippen molar-refractivity contribution in [1.29, 1.82) is 0 Å². The summed E-state index contributed by atoms with van der Waals surface area (Å²) in [5.41, 5.74) is 0.790. The molecular weight excluding hydrogens is 387 g/mol. The van der Waals surface area contributed by atoms with Gasteiger partial charge in [0.05, 0.1) is 13.3 Å². The summed E-state index contributed by atoms with van der Waals surface area (Å²) in [6, 6.07) is 6.87. The van der Waals surface area contributed by atoms with Crippen LogP contribution in [0.5, 0.6) is 5.75 Å². The number of pyridine rings is 1. The number of aromatic nitrogens is 5. The van der Waals surface area contributed by atoms with Gasteiger partial charge < -0.3 is 14.6 Å². The van der Waals surface area contributed by atoms with Crippen molar-refractivity contribution >= 4 is 23.4 Å². The van der Waals surface area contributed by atoms with Crippen LogP contribution in [0, 0.1) is 5.82 Å². The highest BCUT2D eigenvalue weighted by molar-refractivity contribution is 7.98. The normalized spacial score (nSPS) is 10.7. The molecule has 3 rings (SSSR count). The molecule has 0 unspecified atom stereocenters. The second kappa shape index (κ2) is 8.65. The molecule has 1 amide bonds. The summed E-state index contributed by atoms with van der Waals surface area (Å²) < 4.78 is 21.2. The van der Waals surface area contributed by atoms with Crippen LogP contribution in [-0.2, 0) is 24.1 Å². The van der Waals surface area contributed by atoms with E-state index in [2.05, 4.69) is 20.8 Å². The van der Waals surface area contributed by atoms with E-state index in [1.165, 1.54) is 60.1 Å². The third-order valence-corrected chi connectivity index (χ3v) is 4.82. The van der Waals surface area contributed by atoms with Crippen LogP contribution in [0.15, 0.2) is 46.5 Å². The molecule has 146 valence electrons. The first-order valence-electron chi connectivity index (χ1n) is 8.14. The van der Waals surface area contributed by atoms with Crippen LogP contribution in [0.4, 0.5) is 10.1 Å². The van der Waals surface area contributed by atoms with E-state index in [1.807, 2.05) is 0 Å². The van der Waals surface area contributed by atoms with E-state index in [0.717, 1.165) is 0 Å². The summed E-state index contributed by atoms with van der Waals surface area (Å²) in [6.45, 7) is -0.0546. The number of hydrogen-bond acceptors (Lipinski definition) is 7. The molecule has 2 heterocycles. The highest BCUT2D eigenvalue weighted by Gasteiger charge is 2.13. The zero-order valence-electron chi connectivity index (χ0n) is 15.1. The van der Waals surface area contributed by atoms with Gasteiger partial charge >= 0.3 is 0 Å². The molecule has 0 saturated carbocycles. The highest BCUT2D eigenvalue weighted by atomic mass is 32.2. The summed E-state index contributed by atoms with van der Waals surface area (Å²) in [4.78, 5) is 24.5. The molecule has 0 aliphatic heterocycles. The molecule has 0 spiro atoms. The Hall–Kier alpha value is -3.21. The molecule has 2 aromatic heterocycles. The van der Waals surface area contributed by atoms with Gasteiger partial charge in [-0.15, -0.1) is 5.10 Å². The third kappa shape index (κ3) is 4.74.